The van der Waals surface area contributed by atoms with E-state index >= 15 is 0 Å². The minimum atomic E-state index is 0.708. The lowest BCUT2D eigenvalue weighted by Gasteiger charge is -2.21. The third-order valence-corrected chi connectivity index (χ3v) is 14.6. The topological polar surface area (TPSA) is 0 Å². The molecule has 0 spiro atoms. The van der Waals surface area contributed by atoms with Crippen LogP contribution >= 0.6 is 0 Å². The number of fused-ring (bicyclic) bond motifs is 10. The first-order chi connectivity index (χ1) is 37.2. The molecule has 11 rings (SSSR count). The van der Waals surface area contributed by atoms with E-state index in [9.17, 15) is 0 Å². The smallest absolute Gasteiger partial charge is 0.0620 e. The Bertz CT molecular complexity index is 3150. The molecule has 5 fully saturated rings. The summed E-state index contributed by atoms with van der Waals surface area (Å²) in [6, 6.07) is 0. The molecule has 11 aliphatic rings. The zero-order valence-electron chi connectivity index (χ0n) is 42.2. The Morgan fingerprint density at radius 3 is 0.413 bits per heavy atom. The molecule has 350 valence electrons. The Kier molecular flexibility index (Phi) is 14.8. The van der Waals surface area contributed by atoms with Crippen LogP contribution in [0, 0.1) is 118 Å². The van der Waals surface area contributed by atoms with Crippen LogP contribution in [-0.2, 0) is 0 Å². The van der Waals surface area contributed by atoms with Crippen molar-refractivity contribution in [3.63, 3.8) is 0 Å². The van der Waals surface area contributed by atoms with Gasteiger partial charge in [-0.15, -0.1) is 0 Å². The summed E-state index contributed by atoms with van der Waals surface area (Å²) in [7, 11) is 0. The van der Waals surface area contributed by atoms with Crippen molar-refractivity contribution < 1.29 is 0 Å². The molecule has 0 aromatic carbocycles. The predicted octanol–water partition coefficient (Wildman–Crippen LogP) is 14.5. The van der Waals surface area contributed by atoms with Crippen LogP contribution in [0.2, 0.25) is 0 Å². The Balaban J connectivity index is 1.15. The van der Waals surface area contributed by atoms with Gasteiger partial charge >= 0.3 is 0 Å². The molecule has 75 heavy (non-hydrogen) atoms. The van der Waals surface area contributed by atoms with E-state index in [1.54, 1.807) is 0 Å². The summed E-state index contributed by atoms with van der Waals surface area (Å²) in [6.07, 6.45) is 57.9. The summed E-state index contributed by atoms with van der Waals surface area (Å²) < 4.78 is 0. The Hall–Kier alpha value is -9.60. The highest BCUT2D eigenvalue weighted by Gasteiger charge is 2.25. The lowest BCUT2D eigenvalue weighted by molar-refractivity contribution is 0.773. The molecule has 0 amide bonds. The molecule has 10 bridgehead atoms. The molecule has 0 heterocycles. The normalized spacial score (nSPS) is 20.8. The van der Waals surface area contributed by atoms with Gasteiger partial charge in [-0.1, -0.05) is 122 Å². The van der Waals surface area contributed by atoms with E-state index in [1.807, 2.05) is 0 Å². The minimum Gasteiger partial charge on any atom is -0.0620 e. The van der Waals surface area contributed by atoms with Crippen LogP contribution in [0.3, 0.4) is 0 Å². The van der Waals surface area contributed by atoms with Gasteiger partial charge in [-0.25, -0.2) is 0 Å². The second-order valence-corrected chi connectivity index (χ2v) is 19.4. The van der Waals surface area contributed by atoms with Crippen molar-refractivity contribution in [2.45, 2.75) is 96.3 Å². The zero-order valence-corrected chi connectivity index (χ0v) is 42.2. The molecule has 0 N–H and O–H groups in total. The minimum absolute atomic E-state index is 0.708. The Morgan fingerprint density at radius 1 is 0.173 bits per heavy atom. The van der Waals surface area contributed by atoms with Gasteiger partial charge in [0.2, 0.25) is 0 Å². The second-order valence-electron chi connectivity index (χ2n) is 19.4. The highest BCUT2D eigenvalue weighted by atomic mass is 14.3. The summed E-state index contributed by atoms with van der Waals surface area (Å²) in [5.41, 5.74) is 21.2. The molecule has 0 aromatic rings. The first-order valence-corrected chi connectivity index (χ1v) is 26.4. The van der Waals surface area contributed by atoms with E-state index in [2.05, 4.69) is 240 Å². The van der Waals surface area contributed by atoms with E-state index in [0.717, 1.165) is 124 Å². The summed E-state index contributed by atoms with van der Waals surface area (Å²) in [5, 5.41) is 0. The summed E-state index contributed by atoms with van der Waals surface area (Å²) in [4.78, 5) is 0. The quantitative estimate of drug-likeness (QED) is 0.212. The molecular formula is C75H50. The highest BCUT2D eigenvalue weighted by molar-refractivity contribution is 5.72. The second kappa shape index (κ2) is 23.3. The molecule has 0 aromatic heterocycles. The lowest BCUT2D eigenvalue weighted by atomic mass is 9.82. The van der Waals surface area contributed by atoms with E-state index < -0.39 is 0 Å². The highest BCUT2D eigenvalue weighted by Crippen LogP contribution is 2.41. The maximum atomic E-state index is 3.43. The van der Waals surface area contributed by atoms with Crippen molar-refractivity contribution >= 4 is 0 Å². The van der Waals surface area contributed by atoms with Crippen molar-refractivity contribution in [1.82, 2.24) is 0 Å². The van der Waals surface area contributed by atoms with Crippen LogP contribution < -0.4 is 0 Å². The third kappa shape index (κ3) is 11.1. The van der Waals surface area contributed by atoms with E-state index in [0.29, 0.717) is 27.9 Å². The van der Waals surface area contributed by atoms with Crippen molar-refractivity contribution in [3.05, 3.63) is 233 Å². The van der Waals surface area contributed by atoms with Crippen LogP contribution in [0.4, 0.5) is 0 Å². The fourth-order valence-corrected chi connectivity index (χ4v) is 11.3. The van der Waals surface area contributed by atoms with Gasteiger partial charge in [0.15, 0.2) is 0 Å². The van der Waals surface area contributed by atoms with Gasteiger partial charge in [0, 0.05) is 27.9 Å². The SMILES string of the molecule is C1#CC(=C2C3=CC=CC=C2CCC3)C#CC#CC(=C2C3=CC=CC=C2CCC3)C#CC#CC(=C2C3=CC=CC=C2CCC3)C#CC#CC(=C2C3=CC=CC=C2CCC3)C#CC#CC(=C2C3=CC=CC=C2CCC3)C#C1. The molecule has 0 saturated heterocycles. The van der Waals surface area contributed by atoms with Crippen LogP contribution in [-0.4, -0.2) is 0 Å². The number of allylic oxidation sites excluding steroid dienone is 40. The summed E-state index contributed by atoms with van der Waals surface area (Å²) in [5.74, 6) is 66.7. The zero-order chi connectivity index (χ0) is 50.4. The maximum Gasteiger partial charge on any atom is 0.0842 e. The van der Waals surface area contributed by atoms with Crippen molar-refractivity contribution in [3.8, 4) is 118 Å². The predicted molar refractivity (Wildman–Crippen MR) is 309 cm³/mol. The van der Waals surface area contributed by atoms with Crippen LogP contribution in [0.1, 0.15) is 96.3 Å². The van der Waals surface area contributed by atoms with Gasteiger partial charge in [0.1, 0.15) is 0 Å². The first-order valence-electron chi connectivity index (χ1n) is 26.4. The molecule has 5 saturated carbocycles. The maximum absolute atomic E-state index is 3.43. The Labute approximate surface area is 445 Å². The van der Waals surface area contributed by atoms with Crippen LogP contribution in [0.5, 0.6) is 0 Å². The number of hydrogen-bond donors (Lipinski definition) is 0. The monoisotopic (exact) mass is 950 g/mol. The molecular weight excluding hydrogens is 901 g/mol. The summed E-state index contributed by atoms with van der Waals surface area (Å²) in [6.45, 7) is 0. The standard InChI is InChI=1S/C75H50/c1-2-27-57(72-63-38-13-14-39-64(72)49-22-48-63)29-5-6-31-59(74-67-42-17-18-43-68(74)53-24-52-67)33-9-10-35-60(75-69-44-19-20-45-70(75)55-25-54-69)34-8-7-32-58(73-65-40-15-16-41-66(73)51-23-50-65)30-4-3-28-56(26-1)71-61-36-11-12-37-62(71)47-21-46-61/h11-20,36-45H,21-25,46-55H2. The molecule has 0 nitrogen and oxygen atoms in total. The fraction of sp³-hybridized carbons (Fsp3) is 0.200. The fourth-order valence-electron chi connectivity index (χ4n) is 11.3. The lowest BCUT2D eigenvalue weighted by Crippen LogP contribution is -2.05. The average Bonchev–Trinajstić information content (AvgIpc) is 3.80. The van der Waals surface area contributed by atoms with Crippen molar-refractivity contribution in [1.29, 1.82) is 0 Å². The Morgan fingerprint density at radius 2 is 0.293 bits per heavy atom. The molecule has 11 aliphatic carbocycles. The molecule has 0 heteroatoms. The van der Waals surface area contributed by atoms with Crippen LogP contribution in [0.25, 0.3) is 0 Å². The number of hydrogen-bond acceptors (Lipinski definition) is 0. The van der Waals surface area contributed by atoms with Crippen molar-refractivity contribution in [2.24, 2.45) is 0 Å². The molecule has 0 aliphatic heterocycles. The van der Waals surface area contributed by atoms with Gasteiger partial charge in [0.25, 0.3) is 0 Å². The van der Waals surface area contributed by atoms with Crippen LogP contribution in [0.15, 0.2) is 233 Å². The summed E-state index contributed by atoms with van der Waals surface area (Å²) >= 11 is 0. The van der Waals surface area contributed by atoms with Gasteiger partial charge < -0.3 is 0 Å². The third-order valence-electron chi connectivity index (χ3n) is 14.6. The first kappa shape index (κ1) is 47.7. The van der Waals surface area contributed by atoms with Gasteiger partial charge in [0.05, 0.1) is 27.9 Å². The largest absolute Gasteiger partial charge is 0.0842 e. The average molecular weight is 951 g/mol. The van der Waals surface area contributed by atoms with E-state index in [1.165, 1.54) is 55.7 Å². The van der Waals surface area contributed by atoms with Gasteiger partial charge in [-0.05, 0) is 270 Å². The van der Waals surface area contributed by atoms with Gasteiger partial charge in [-0.2, -0.15) is 0 Å². The van der Waals surface area contributed by atoms with E-state index in [4.69, 9.17) is 0 Å². The number of rotatable bonds is 0. The molecule has 0 radical (unpaired) electrons. The van der Waals surface area contributed by atoms with Crippen molar-refractivity contribution in [2.75, 3.05) is 0 Å². The van der Waals surface area contributed by atoms with Gasteiger partial charge in [-0.3, -0.25) is 0 Å². The molecule has 0 atom stereocenters. The molecule has 0 unspecified atom stereocenters. The van der Waals surface area contributed by atoms with E-state index in [-0.39, 0.29) is 0 Å².